The fourth-order valence-electron chi connectivity index (χ4n) is 5.72. The lowest BCUT2D eigenvalue weighted by molar-refractivity contribution is -0.139. The van der Waals surface area contributed by atoms with Crippen molar-refractivity contribution < 1.29 is 28.9 Å². The van der Waals surface area contributed by atoms with Crippen LogP contribution in [-0.4, -0.2) is 47.0 Å². The highest BCUT2D eigenvalue weighted by Crippen LogP contribution is 2.38. The summed E-state index contributed by atoms with van der Waals surface area (Å²) in [7, 11) is 3.09. The Balaban J connectivity index is 1.76. The van der Waals surface area contributed by atoms with Crippen LogP contribution in [0.25, 0.3) is 11.8 Å². The summed E-state index contributed by atoms with van der Waals surface area (Å²) in [6, 6.07) is 13.1. The van der Waals surface area contributed by atoms with Crippen LogP contribution >= 0.6 is 11.3 Å². The number of rotatable bonds is 10. The first-order chi connectivity index (χ1) is 21.6. The summed E-state index contributed by atoms with van der Waals surface area (Å²) in [5.41, 5.74) is 4.52. The number of carboxylic acid groups (broad SMARTS) is 1. The van der Waals surface area contributed by atoms with E-state index in [1.54, 1.807) is 50.4 Å². The van der Waals surface area contributed by atoms with Crippen molar-refractivity contribution in [2.45, 2.75) is 46.6 Å². The van der Waals surface area contributed by atoms with E-state index >= 15 is 0 Å². The molecule has 0 saturated carbocycles. The number of carbonyl (C=O) groups is 2. The van der Waals surface area contributed by atoms with E-state index < -0.39 is 18.0 Å². The van der Waals surface area contributed by atoms with E-state index in [0.29, 0.717) is 49.8 Å². The van der Waals surface area contributed by atoms with E-state index in [2.05, 4.69) is 0 Å². The molecule has 0 saturated heterocycles. The van der Waals surface area contributed by atoms with Gasteiger partial charge in [0.2, 0.25) is 0 Å². The Hall–Kier alpha value is -4.90. The van der Waals surface area contributed by atoms with Crippen LogP contribution in [-0.2, 0) is 9.53 Å². The monoisotopic (exact) mass is 629 g/mol. The van der Waals surface area contributed by atoms with E-state index in [0.717, 1.165) is 23.4 Å². The Bertz CT molecular complexity index is 2020. The molecule has 0 aliphatic carbocycles. The summed E-state index contributed by atoms with van der Waals surface area (Å²) in [6.45, 7) is 7.76. The van der Waals surface area contributed by atoms with Crippen molar-refractivity contribution in [1.29, 1.82) is 0 Å². The molecule has 0 bridgehead atoms. The van der Waals surface area contributed by atoms with Gasteiger partial charge in [-0.2, -0.15) is 0 Å². The van der Waals surface area contributed by atoms with Crippen molar-refractivity contribution in [2.24, 2.45) is 4.99 Å². The number of fused-ring (bicyclic) bond motifs is 1. The molecule has 5 rings (SSSR count). The number of esters is 1. The molecule has 3 heterocycles. The molecule has 2 aromatic carbocycles. The molecule has 0 spiro atoms. The third-order valence-corrected chi connectivity index (χ3v) is 8.71. The van der Waals surface area contributed by atoms with Gasteiger partial charge in [0.25, 0.3) is 5.56 Å². The third-order valence-electron chi connectivity index (χ3n) is 7.73. The predicted molar refractivity (Wildman–Crippen MR) is 171 cm³/mol. The first-order valence-electron chi connectivity index (χ1n) is 14.6. The lowest BCUT2D eigenvalue weighted by Gasteiger charge is -2.27. The van der Waals surface area contributed by atoms with Crippen LogP contribution in [0.5, 0.6) is 11.5 Å². The first-order valence-corrected chi connectivity index (χ1v) is 15.4. The van der Waals surface area contributed by atoms with E-state index in [-0.39, 0.29) is 17.7 Å². The van der Waals surface area contributed by atoms with Crippen molar-refractivity contribution in [3.8, 4) is 17.2 Å². The van der Waals surface area contributed by atoms with Crippen LogP contribution in [0.2, 0.25) is 0 Å². The fourth-order valence-corrected chi connectivity index (χ4v) is 6.73. The number of nitrogens with zero attached hydrogens (tertiary/aromatic N) is 3. The lowest BCUT2D eigenvalue weighted by atomic mass is 9.93. The minimum atomic E-state index is -1.01. The van der Waals surface area contributed by atoms with Crippen molar-refractivity contribution >= 4 is 29.4 Å². The minimum Gasteiger partial charge on any atom is -0.497 e. The van der Waals surface area contributed by atoms with Gasteiger partial charge in [-0.15, -0.1) is 0 Å². The number of hydrogen-bond acceptors (Lipinski definition) is 8. The SMILES string of the molecule is CCCC1=C(C(=O)OCC)[C@H](c2cc(OC)ccc2OC)n2c(s/c(=C\c3cc(C)n(-c4cccc(C(=O)O)c4)c3C)c2=O)=N1. The van der Waals surface area contributed by atoms with Gasteiger partial charge in [0.1, 0.15) is 17.5 Å². The molecule has 4 aromatic rings. The highest BCUT2D eigenvalue weighted by atomic mass is 32.1. The summed E-state index contributed by atoms with van der Waals surface area (Å²) in [4.78, 5) is 44.8. The van der Waals surface area contributed by atoms with Crippen LogP contribution < -0.4 is 24.4 Å². The molecule has 0 radical (unpaired) electrons. The number of allylic oxidation sites excluding steroid dienone is 1. The maximum atomic E-state index is 14.3. The van der Waals surface area contributed by atoms with Gasteiger partial charge in [0, 0.05) is 22.6 Å². The molecule has 0 amide bonds. The second kappa shape index (κ2) is 13.0. The number of thiazole rings is 1. The maximum Gasteiger partial charge on any atom is 0.338 e. The number of aromatic nitrogens is 2. The Morgan fingerprint density at radius 1 is 1.07 bits per heavy atom. The van der Waals surface area contributed by atoms with Gasteiger partial charge >= 0.3 is 11.9 Å². The van der Waals surface area contributed by atoms with Gasteiger partial charge in [-0.3, -0.25) is 9.36 Å². The zero-order chi connectivity index (χ0) is 32.4. The summed E-state index contributed by atoms with van der Waals surface area (Å²) >= 11 is 1.24. The van der Waals surface area contributed by atoms with Crippen molar-refractivity contribution in [2.75, 3.05) is 20.8 Å². The standard InChI is InChI=1S/C34H35N3O7S/c1-7-10-26-29(33(41)44-8-2)30(25-18-24(42-5)13-14-27(25)43-6)37-31(38)28(45-34(37)35-26)17-22-15-19(3)36(20(22)4)23-12-9-11-21(16-23)32(39)40/h9,11-18,30H,7-8,10H2,1-6H3,(H,39,40)/b28-17-/t30-/m0/s1. The van der Waals surface area contributed by atoms with Gasteiger partial charge in [0.05, 0.1) is 42.2 Å². The van der Waals surface area contributed by atoms with Crippen molar-refractivity contribution in [1.82, 2.24) is 9.13 Å². The molecular weight excluding hydrogens is 594 g/mol. The van der Waals surface area contributed by atoms with Crippen molar-refractivity contribution in [3.05, 3.63) is 108 Å². The number of hydrogen-bond donors (Lipinski definition) is 1. The van der Waals surface area contributed by atoms with Crippen LogP contribution in [0.4, 0.5) is 0 Å². The molecule has 11 heteroatoms. The van der Waals surface area contributed by atoms with Crippen molar-refractivity contribution in [3.63, 3.8) is 0 Å². The Morgan fingerprint density at radius 2 is 1.84 bits per heavy atom. The zero-order valence-corrected chi connectivity index (χ0v) is 26.9. The Morgan fingerprint density at radius 3 is 2.51 bits per heavy atom. The predicted octanol–water partition coefficient (Wildman–Crippen LogP) is 4.70. The molecule has 1 N–H and O–H groups in total. The lowest BCUT2D eigenvalue weighted by Crippen LogP contribution is -2.40. The van der Waals surface area contributed by atoms with Crippen LogP contribution in [0.3, 0.4) is 0 Å². The molecule has 0 unspecified atom stereocenters. The molecule has 10 nitrogen and oxygen atoms in total. The van der Waals surface area contributed by atoms with Gasteiger partial charge in [0.15, 0.2) is 4.80 Å². The van der Waals surface area contributed by atoms with Gasteiger partial charge in [-0.05, 0) is 81.3 Å². The highest BCUT2D eigenvalue weighted by molar-refractivity contribution is 7.07. The number of aryl methyl sites for hydroxylation is 1. The zero-order valence-electron chi connectivity index (χ0n) is 26.0. The summed E-state index contributed by atoms with van der Waals surface area (Å²) in [5, 5.41) is 9.50. The van der Waals surface area contributed by atoms with E-state index in [4.69, 9.17) is 19.2 Å². The number of benzene rings is 2. The average molecular weight is 630 g/mol. The third kappa shape index (κ3) is 5.83. The second-order valence-corrected chi connectivity index (χ2v) is 11.5. The van der Waals surface area contributed by atoms with Gasteiger partial charge in [-0.25, -0.2) is 14.6 Å². The molecule has 2 aromatic heterocycles. The van der Waals surface area contributed by atoms with Gasteiger partial charge in [-0.1, -0.05) is 30.7 Å². The van der Waals surface area contributed by atoms with Crippen LogP contribution in [0.1, 0.15) is 65.6 Å². The highest BCUT2D eigenvalue weighted by Gasteiger charge is 2.36. The minimum absolute atomic E-state index is 0.166. The number of methoxy groups -OCH3 is 2. The number of aromatic carboxylic acids is 1. The Labute approximate surface area is 264 Å². The topological polar surface area (TPSA) is 121 Å². The van der Waals surface area contributed by atoms with E-state index in [1.807, 2.05) is 43.5 Å². The smallest absolute Gasteiger partial charge is 0.338 e. The quantitative estimate of drug-likeness (QED) is 0.253. The van der Waals surface area contributed by atoms with E-state index in [1.165, 1.54) is 23.0 Å². The number of carboxylic acids is 1. The van der Waals surface area contributed by atoms with E-state index in [9.17, 15) is 19.5 Å². The second-order valence-electron chi connectivity index (χ2n) is 10.5. The summed E-state index contributed by atoms with van der Waals surface area (Å²) in [5.74, 6) is -0.514. The molecule has 1 aliphatic heterocycles. The maximum absolute atomic E-state index is 14.3. The largest absolute Gasteiger partial charge is 0.497 e. The molecule has 45 heavy (non-hydrogen) atoms. The normalized spacial score (nSPS) is 14.6. The summed E-state index contributed by atoms with van der Waals surface area (Å²) < 4.78 is 20.7. The fraction of sp³-hybridized carbons (Fsp3) is 0.294. The van der Waals surface area contributed by atoms with Crippen LogP contribution in [0, 0.1) is 13.8 Å². The molecule has 1 atom stereocenters. The molecule has 1 aliphatic rings. The summed E-state index contributed by atoms with van der Waals surface area (Å²) in [6.07, 6.45) is 3.06. The van der Waals surface area contributed by atoms with Crippen LogP contribution in [0.15, 0.2) is 69.6 Å². The first kappa shape index (κ1) is 31.5. The Kier molecular flexibility index (Phi) is 9.10. The van der Waals surface area contributed by atoms with Gasteiger partial charge < -0.3 is 23.9 Å². The molecule has 234 valence electrons. The molecule has 0 fully saturated rings. The number of carbonyl (C=O) groups excluding carboxylic acids is 1. The number of ether oxygens (including phenoxy) is 3. The molecular formula is C34H35N3O7S. The average Bonchev–Trinajstić information content (AvgIpc) is 3.49.